The third-order valence-corrected chi connectivity index (χ3v) is 4.03. The number of carboxylic acids is 1. The molecule has 0 aliphatic carbocycles. The van der Waals surface area contributed by atoms with Crippen LogP contribution in [0.25, 0.3) is 0 Å². The Morgan fingerprint density at radius 2 is 2.00 bits per heavy atom. The van der Waals surface area contributed by atoms with Crippen LogP contribution in [0.5, 0.6) is 0 Å². The van der Waals surface area contributed by atoms with Crippen molar-refractivity contribution in [2.75, 3.05) is 10.6 Å². The fourth-order valence-electron chi connectivity index (χ4n) is 2.99. The first kappa shape index (κ1) is 13.5. The molecule has 0 saturated heterocycles. The molecule has 108 valence electrons. The predicted octanol–water partition coefficient (Wildman–Crippen LogP) is 3.44. The maximum atomic E-state index is 11.6. The molecule has 0 bridgehead atoms. The smallest absolute Gasteiger partial charge is 0.337 e. The molecule has 0 aromatic heterocycles. The van der Waals surface area contributed by atoms with Crippen molar-refractivity contribution in [2.24, 2.45) is 0 Å². The fraction of sp³-hybridized carbons (Fsp3) is 0.235. The monoisotopic (exact) mass is 282 g/mol. The van der Waals surface area contributed by atoms with Crippen molar-refractivity contribution >= 4 is 23.0 Å². The summed E-state index contributed by atoms with van der Waals surface area (Å²) in [4.78, 5) is 13.7. The maximum absolute atomic E-state index is 11.6. The summed E-state index contributed by atoms with van der Waals surface area (Å²) in [5.74, 6) is -0.951. The Hall–Kier alpha value is -2.49. The van der Waals surface area contributed by atoms with E-state index < -0.39 is 5.97 Å². The molecular formula is C17H18N2O2. The standard InChI is InChI=1S/C17H18N2O2/c1-11-6-7-12-4-2-3-5-15(12)19(11)16-9-8-13(18)10-14(16)17(20)21/h2-5,8-11H,6-7,18H2,1H3,(H,20,21). The molecule has 2 aromatic rings. The normalized spacial score (nSPS) is 17.4. The molecule has 3 N–H and O–H groups in total. The summed E-state index contributed by atoms with van der Waals surface area (Å²) >= 11 is 0. The van der Waals surface area contributed by atoms with Crippen LogP contribution >= 0.6 is 0 Å². The summed E-state index contributed by atoms with van der Waals surface area (Å²) in [6.45, 7) is 2.12. The van der Waals surface area contributed by atoms with E-state index in [1.165, 1.54) is 11.6 Å². The van der Waals surface area contributed by atoms with Gasteiger partial charge in [0.05, 0.1) is 11.3 Å². The highest BCUT2D eigenvalue weighted by Gasteiger charge is 2.27. The Morgan fingerprint density at radius 3 is 2.76 bits per heavy atom. The van der Waals surface area contributed by atoms with E-state index in [0.29, 0.717) is 11.4 Å². The molecule has 1 unspecified atom stereocenters. The van der Waals surface area contributed by atoms with Crippen molar-refractivity contribution in [3.05, 3.63) is 53.6 Å². The second-order valence-electron chi connectivity index (χ2n) is 5.47. The molecule has 2 aromatic carbocycles. The van der Waals surface area contributed by atoms with E-state index in [9.17, 15) is 9.90 Å². The van der Waals surface area contributed by atoms with Crippen LogP contribution < -0.4 is 10.6 Å². The van der Waals surface area contributed by atoms with Crippen molar-refractivity contribution in [2.45, 2.75) is 25.8 Å². The van der Waals surface area contributed by atoms with Crippen molar-refractivity contribution in [1.29, 1.82) is 0 Å². The van der Waals surface area contributed by atoms with Crippen LogP contribution in [0.3, 0.4) is 0 Å². The Kier molecular flexibility index (Phi) is 3.29. The number of benzene rings is 2. The number of aromatic carboxylic acids is 1. The Balaban J connectivity index is 2.18. The van der Waals surface area contributed by atoms with Crippen molar-refractivity contribution in [3.63, 3.8) is 0 Å². The highest BCUT2D eigenvalue weighted by molar-refractivity contribution is 5.97. The van der Waals surface area contributed by atoms with Gasteiger partial charge in [-0.05, 0) is 49.6 Å². The van der Waals surface area contributed by atoms with E-state index in [-0.39, 0.29) is 11.6 Å². The zero-order valence-corrected chi connectivity index (χ0v) is 11.9. The number of fused-ring (bicyclic) bond motifs is 1. The first-order valence-electron chi connectivity index (χ1n) is 7.08. The highest BCUT2D eigenvalue weighted by Crippen LogP contribution is 2.38. The summed E-state index contributed by atoms with van der Waals surface area (Å²) in [6, 6.07) is 13.5. The zero-order chi connectivity index (χ0) is 15.0. The quantitative estimate of drug-likeness (QED) is 0.828. The lowest BCUT2D eigenvalue weighted by atomic mass is 9.95. The molecule has 21 heavy (non-hydrogen) atoms. The van der Waals surface area contributed by atoms with Gasteiger partial charge in [0.1, 0.15) is 0 Å². The molecule has 0 fully saturated rings. The minimum Gasteiger partial charge on any atom is -0.478 e. The van der Waals surface area contributed by atoms with Crippen LogP contribution in [0.1, 0.15) is 29.3 Å². The van der Waals surface area contributed by atoms with Gasteiger partial charge in [0, 0.05) is 17.4 Å². The van der Waals surface area contributed by atoms with Gasteiger partial charge in [-0.1, -0.05) is 18.2 Å². The number of rotatable bonds is 2. The van der Waals surface area contributed by atoms with E-state index in [0.717, 1.165) is 18.5 Å². The first-order chi connectivity index (χ1) is 10.1. The topological polar surface area (TPSA) is 66.6 Å². The number of nitrogens with zero attached hydrogens (tertiary/aromatic N) is 1. The summed E-state index contributed by atoms with van der Waals surface area (Å²) in [5, 5.41) is 9.47. The molecule has 1 atom stereocenters. The van der Waals surface area contributed by atoms with Crippen LogP contribution in [-0.2, 0) is 6.42 Å². The Labute approximate surface area is 123 Å². The van der Waals surface area contributed by atoms with Gasteiger partial charge in [-0.2, -0.15) is 0 Å². The van der Waals surface area contributed by atoms with Gasteiger partial charge in [-0.25, -0.2) is 4.79 Å². The number of para-hydroxylation sites is 1. The molecular weight excluding hydrogens is 264 g/mol. The molecule has 0 spiro atoms. The first-order valence-corrected chi connectivity index (χ1v) is 7.08. The fourth-order valence-corrected chi connectivity index (χ4v) is 2.99. The maximum Gasteiger partial charge on any atom is 0.337 e. The zero-order valence-electron chi connectivity index (χ0n) is 11.9. The van der Waals surface area contributed by atoms with E-state index in [1.54, 1.807) is 12.1 Å². The number of aryl methyl sites for hydroxylation is 1. The van der Waals surface area contributed by atoms with Crippen molar-refractivity contribution < 1.29 is 9.90 Å². The molecule has 3 rings (SSSR count). The number of hydrogen-bond donors (Lipinski definition) is 2. The Morgan fingerprint density at radius 1 is 1.24 bits per heavy atom. The number of nitrogen functional groups attached to an aromatic ring is 1. The molecule has 1 aliphatic rings. The summed E-state index contributed by atoms with van der Waals surface area (Å²) < 4.78 is 0. The minimum absolute atomic E-state index is 0.249. The molecule has 0 amide bonds. The number of hydrogen-bond acceptors (Lipinski definition) is 3. The van der Waals surface area contributed by atoms with Gasteiger partial charge in [-0.3, -0.25) is 0 Å². The number of nitrogens with two attached hydrogens (primary N) is 1. The molecule has 0 radical (unpaired) electrons. The molecule has 1 heterocycles. The lowest BCUT2D eigenvalue weighted by molar-refractivity contribution is 0.0697. The second-order valence-corrected chi connectivity index (χ2v) is 5.47. The van der Waals surface area contributed by atoms with Gasteiger partial charge >= 0.3 is 5.97 Å². The average Bonchev–Trinajstić information content (AvgIpc) is 2.47. The summed E-state index contributed by atoms with van der Waals surface area (Å²) in [5.41, 5.74) is 9.50. The van der Waals surface area contributed by atoms with Gasteiger partial charge < -0.3 is 15.7 Å². The molecule has 4 heteroatoms. The highest BCUT2D eigenvalue weighted by atomic mass is 16.4. The lowest BCUT2D eigenvalue weighted by Gasteiger charge is -2.37. The van der Waals surface area contributed by atoms with Crippen molar-refractivity contribution in [1.82, 2.24) is 0 Å². The van der Waals surface area contributed by atoms with E-state index in [4.69, 9.17) is 5.73 Å². The van der Waals surface area contributed by atoms with Crippen LogP contribution in [0.4, 0.5) is 17.1 Å². The minimum atomic E-state index is -0.951. The van der Waals surface area contributed by atoms with Gasteiger partial charge in [-0.15, -0.1) is 0 Å². The number of carboxylic acid groups (broad SMARTS) is 1. The van der Waals surface area contributed by atoms with Gasteiger partial charge in [0.25, 0.3) is 0 Å². The van der Waals surface area contributed by atoms with Crippen LogP contribution in [0.2, 0.25) is 0 Å². The summed E-state index contributed by atoms with van der Waals surface area (Å²) in [6.07, 6.45) is 2.02. The SMILES string of the molecule is CC1CCc2ccccc2N1c1ccc(N)cc1C(=O)O. The largest absolute Gasteiger partial charge is 0.478 e. The number of anilines is 3. The lowest BCUT2D eigenvalue weighted by Crippen LogP contribution is -2.34. The van der Waals surface area contributed by atoms with E-state index in [1.807, 2.05) is 18.2 Å². The predicted molar refractivity (Wildman–Crippen MR) is 84.2 cm³/mol. The van der Waals surface area contributed by atoms with Crippen molar-refractivity contribution in [3.8, 4) is 0 Å². The molecule has 0 saturated carbocycles. The summed E-state index contributed by atoms with van der Waals surface area (Å²) in [7, 11) is 0. The third-order valence-electron chi connectivity index (χ3n) is 4.03. The van der Waals surface area contributed by atoms with Crippen LogP contribution in [-0.4, -0.2) is 17.1 Å². The third kappa shape index (κ3) is 2.33. The van der Waals surface area contributed by atoms with Crippen LogP contribution in [0.15, 0.2) is 42.5 Å². The number of carbonyl (C=O) groups is 1. The van der Waals surface area contributed by atoms with Gasteiger partial charge in [0.15, 0.2) is 0 Å². The van der Waals surface area contributed by atoms with E-state index in [2.05, 4.69) is 17.9 Å². The molecule has 1 aliphatic heterocycles. The van der Waals surface area contributed by atoms with Crippen LogP contribution in [0, 0.1) is 0 Å². The Bertz CT molecular complexity index is 697. The average molecular weight is 282 g/mol. The molecule has 4 nitrogen and oxygen atoms in total. The van der Waals surface area contributed by atoms with E-state index >= 15 is 0 Å². The van der Waals surface area contributed by atoms with Gasteiger partial charge in [0.2, 0.25) is 0 Å². The second kappa shape index (κ2) is 5.13.